The first-order valence-corrected chi connectivity index (χ1v) is 12.8. The van der Waals surface area contributed by atoms with E-state index >= 15 is 0 Å². The number of nitrogens with zero attached hydrogens (tertiary/aromatic N) is 1. The first-order valence-electron chi connectivity index (χ1n) is 10.6. The molecule has 1 N–H and O–H groups in total. The highest BCUT2D eigenvalue weighted by Gasteiger charge is 2.27. The largest absolute Gasteiger partial charge is 0.497 e. The molecule has 0 fully saturated rings. The minimum absolute atomic E-state index is 0.113. The Balaban J connectivity index is 1.72. The molecule has 0 spiro atoms. The Hall–Kier alpha value is -3.04. The molecule has 0 radical (unpaired) electrons. The van der Waals surface area contributed by atoms with Crippen molar-refractivity contribution in [1.29, 1.82) is 0 Å². The smallest absolute Gasteiger partial charge is 0.264 e. The van der Waals surface area contributed by atoms with E-state index in [0.717, 1.165) is 15.6 Å². The standard InChI is InChI=1S/C25H27BrN2O5S/c1-18-7-13-24(14-8-18)34(30,31)28(21-6-4-5-20(26)15-21)16-25(29)27-19(2)17-33-23-11-9-22(32-3)10-12-23/h4-15,19H,16-17H2,1-3H3,(H,27,29). The number of hydrogen-bond donors (Lipinski definition) is 1. The number of ether oxygens (including phenoxy) is 2. The fourth-order valence-corrected chi connectivity index (χ4v) is 4.97. The van der Waals surface area contributed by atoms with Crippen LogP contribution in [-0.4, -0.2) is 40.6 Å². The summed E-state index contributed by atoms with van der Waals surface area (Å²) >= 11 is 3.37. The summed E-state index contributed by atoms with van der Waals surface area (Å²) in [4.78, 5) is 13.0. The lowest BCUT2D eigenvalue weighted by Crippen LogP contribution is -2.45. The second-order valence-corrected chi connectivity index (χ2v) is 10.5. The fourth-order valence-electron chi connectivity index (χ4n) is 3.17. The SMILES string of the molecule is COc1ccc(OCC(C)NC(=O)CN(c2cccc(Br)c2)S(=O)(=O)c2ccc(C)cc2)cc1. The van der Waals surface area contributed by atoms with Crippen molar-refractivity contribution in [2.45, 2.75) is 24.8 Å². The van der Waals surface area contributed by atoms with Gasteiger partial charge in [-0.25, -0.2) is 8.42 Å². The van der Waals surface area contributed by atoms with Crippen molar-refractivity contribution in [3.8, 4) is 11.5 Å². The average molecular weight is 547 g/mol. The van der Waals surface area contributed by atoms with Crippen molar-refractivity contribution in [1.82, 2.24) is 5.32 Å². The number of benzene rings is 3. The molecule has 1 amide bonds. The normalized spacial score (nSPS) is 12.0. The molecule has 3 aromatic rings. The summed E-state index contributed by atoms with van der Waals surface area (Å²) in [5.74, 6) is 0.914. The zero-order chi connectivity index (χ0) is 24.7. The first-order chi connectivity index (χ1) is 16.2. The van der Waals surface area contributed by atoms with Crippen LogP contribution in [0.4, 0.5) is 5.69 Å². The highest BCUT2D eigenvalue weighted by Crippen LogP contribution is 2.26. The van der Waals surface area contributed by atoms with Gasteiger partial charge in [0.2, 0.25) is 5.91 Å². The molecule has 1 unspecified atom stereocenters. The number of rotatable bonds is 10. The lowest BCUT2D eigenvalue weighted by atomic mass is 10.2. The second kappa shape index (κ2) is 11.4. The number of carbonyl (C=O) groups is 1. The summed E-state index contributed by atoms with van der Waals surface area (Å²) in [6.07, 6.45) is 0. The molecule has 34 heavy (non-hydrogen) atoms. The van der Waals surface area contributed by atoms with Gasteiger partial charge in [0, 0.05) is 4.47 Å². The average Bonchev–Trinajstić information content (AvgIpc) is 2.81. The van der Waals surface area contributed by atoms with E-state index in [0.29, 0.717) is 15.9 Å². The van der Waals surface area contributed by atoms with Gasteiger partial charge in [0.05, 0.1) is 23.7 Å². The molecule has 0 saturated carbocycles. The van der Waals surface area contributed by atoms with Gasteiger partial charge in [-0.1, -0.05) is 39.7 Å². The summed E-state index contributed by atoms with van der Waals surface area (Å²) in [6.45, 7) is 3.52. The van der Waals surface area contributed by atoms with Gasteiger partial charge in [0.25, 0.3) is 10.0 Å². The Morgan fingerprint density at radius 2 is 1.68 bits per heavy atom. The van der Waals surface area contributed by atoms with Crippen LogP contribution in [0.15, 0.2) is 82.2 Å². The van der Waals surface area contributed by atoms with Crippen LogP contribution in [-0.2, 0) is 14.8 Å². The Bertz CT molecular complexity index is 1210. The van der Waals surface area contributed by atoms with Crippen molar-refractivity contribution in [3.63, 3.8) is 0 Å². The van der Waals surface area contributed by atoms with E-state index in [9.17, 15) is 13.2 Å². The van der Waals surface area contributed by atoms with Crippen molar-refractivity contribution in [3.05, 3.63) is 82.8 Å². The summed E-state index contributed by atoms with van der Waals surface area (Å²) < 4.78 is 39.5. The minimum Gasteiger partial charge on any atom is -0.497 e. The Morgan fingerprint density at radius 3 is 2.29 bits per heavy atom. The molecular formula is C25H27BrN2O5S. The number of halogens is 1. The number of aryl methyl sites for hydroxylation is 1. The molecule has 0 saturated heterocycles. The number of anilines is 1. The highest BCUT2D eigenvalue weighted by atomic mass is 79.9. The van der Waals surface area contributed by atoms with E-state index in [4.69, 9.17) is 9.47 Å². The zero-order valence-electron chi connectivity index (χ0n) is 19.2. The van der Waals surface area contributed by atoms with E-state index in [1.807, 2.05) is 6.92 Å². The third-order valence-corrected chi connectivity index (χ3v) is 7.24. The van der Waals surface area contributed by atoms with Gasteiger partial charge >= 0.3 is 0 Å². The number of hydrogen-bond acceptors (Lipinski definition) is 5. The van der Waals surface area contributed by atoms with Crippen LogP contribution in [0, 0.1) is 6.92 Å². The van der Waals surface area contributed by atoms with E-state index in [1.165, 1.54) is 0 Å². The van der Waals surface area contributed by atoms with Gasteiger partial charge in [-0.3, -0.25) is 9.10 Å². The molecule has 0 aliphatic heterocycles. The van der Waals surface area contributed by atoms with Crippen LogP contribution in [0.3, 0.4) is 0 Å². The minimum atomic E-state index is -3.97. The molecule has 0 aromatic heterocycles. The molecule has 0 aliphatic carbocycles. The van der Waals surface area contributed by atoms with Crippen LogP contribution in [0.2, 0.25) is 0 Å². The maximum Gasteiger partial charge on any atom is 0.264 e. The van der Waals surface area contributed by atoms with Gasteiger partial charge in [-0.15, -0.1) is 0 Å². The number of carbonyl (C=O) groups excluding carboxylic acids is 1. The van der Waals surface area contributed by atoms with Crippen molar-refractivity contribution in [2.24, 2.45) is 0 Å². The van der Waals surface area contributed by atoms with Crippen molar-refractivity contribution in [2.75, 3.05) is 24.6 Å². The molecule has 180 valence electrons. The molecule has 1 atom stereocenters. The van der Waals surface area contributed by atoms with Gasteiger partial charge in [-0.05, 0) is 68.4 Å². The van der Waals surface area contributed by atoms with Crippen LogP contribution in [0.25, 0.3) is 0 Å². The predicted molar refractivity (Wildman–Crippen MR) is 136 cm³/mol. The van der Waals surface area contributed by atoms with Crippen molar-refractivity contribution < 1.29 is 22.7 Å². The van der Waals surface area contributed by atoms with Gasteiger partial charge in [-0.2, -0.15) is 0 Å². The number of amides is 1. The lowest BCUT2D eigenvalue weighted by Gasteiger charge is -2.25. The molecule has 0 bridgehead atoms. The Morgan fingerprint density at radius 1 is 1.03 bits per heavy atom. The van der Waals surface area contributed by atoms with Crippen LogP contribution < -0.4 is 19.1 Å². The number of nitrogens with one attached hydrogen (secondary N) is 1. The third kappa shape index (κ3) is 6.74. The van der Waals surface area contributed by atoms with Crippen LogP contribution >= 0.6 is 15.9 Å². The van der Waals surface area contributed by atoms with Crippen LogP contribution in [0.5, 0.6) is 11.5 Å². The maximum atomic E-state index is 13.4. The highest BCUT2D eigenvalue weighted by molar-refractivity contribution is 9.10. The Labute approximate surface area is 208 Å². The monoisotopic (exact) mass is 546 g/mol. The second-order valence-electron chi connectivity index (χ2n) is 7.76. The van der Waals surface area contributed by atoms with Crippen molar-refractivity contribution >= 4 is 37.5 Å². The van der Waals surface area contributed by atoms with E-state index in [2.05, 4.69) is 21.2 Å². The molecule has 3 rings (SSSR count). The topological polar surface area (TPSA) is 84.9 Å². The molecule has 0 heterocycles. The zero-order valence-corrected chi connectivity index (χ0v) is 21.6. The maximum absolute atomic E-state index is 13.4. The number of methoxy groups -OCH3 is 1. The molecular weight excluding hydrogens is 520 g/mol. The van der Waals surface area contributed by atoms with Gasteiger partial charge in [0.1, 0.15) is 24.7 Å². The quantitative estimate of drug-likeness (QED) is 0.403. The van der Waals surface area contributed by atoms with Gasteiger partial charge in [0.15, 0.2) is 0 Å². The number of sulfonamides is 1. The van der Waals surface area contributed by atoms with Gasteiger partial charge < -0.3 is 14.8 Å². The lowest BCUT2D eigenvalue weighted by molar-refractivity contribution is -0.120. The summed E-state index contributed by atoms with van der Waals surface area (Å²) in [5.41, 5.74) is 1.32. The summed E-state index contributed by atoms with van der Waals surface area (Å²) in [6, 6.07) is 20.1. The molecule has 7 nitrogen and oxygen atoms in total. The predicted octanol–water partition coefficient (Wildman–Crippen LogP) is 4.55. The molecule has 3 aromatic carbocycles. The van der Waals surface area contributed by atoms with E-state index in [-0.39, 0.29) is 24.1 Å². The van der Waals surface area contributed by atoms with Crippen LogP contribution in [0.1, 0.15) is 12.5 Å². The third-order valence-electron chi connectivity index (χ3n) is 4.96. The molecule has 9 heteroatoms. The summed E-state index contributed by atoms with van der Waals surface area (Å²) in [7, 11) is -2.38. The first kappa shape index (κ1) is 25.6. The molecule has 0 aliphatic rings. The van der Waals surface area contributed by atoms with E-state index < -0.39 is 15.9 Å². The fraction of sp³-hybridized carbons (Fsp3) is 0.240. The van der Waals surface area contributed by atoms with E-state index in [1.54, 1.807) is 86.8 Å². The summed E-state index contributed by atoms with van der Waals surface area (Å²) in [5, 5.41) is 2.81. The Kier molecular flexibility index (Phi) is 8.57.